The highest BCUT2D eigenvalue weighted by molar-refractivity contribution is 5.79. The maximum Gasteiger partial charge on any atom is 0.235 e. The average Bonchev–Trinajstić information content (AvgIpc) is 2.81. The second-order valence-corrected chi connectivity index (χ2v) is 7.72. The maximum atomic E-state index is 12.4. The van der Waals surface area contributed by atoms with Crippen molar-refractivity contribution in [1.82, 2.24) is 10.2 Å². The molecule has 1 aliphatic carbocycles. The summed E-state index contributed by atoms with van der Waals surface area (Å²) in [5.41, 5.74) is 1.87. The van der Waals surface area contributed by atoms with Gasteiger partial charge in [0.15, 0.2) is 0 Å². The van der Waals surface area contributed by atoms with E-state index < -0.39 is 5.54 Å². The Morgan fingerprint density at radius 3 is 2.32 bits per heavy atom. The molecule has 1 amide bonds. The van der Waals surface area contributed by atoms with Crippen LogP contribution in [0.4, 0.5) is 0 Å². The Morgan fingerprint density at radius 1 is 1.20 bits per heavy atom. The van der Waals surface area contributed by atoms with Crippen LogP contribution < -0.4 is 5.32 Å². The van der Waals surface area contributed by atoms with Crippen molar-refractivity contribution < 1.29 is 4.79 Å². The van der Waals surface area contributed by atoms with Gasteiger partial charge in [0.05, 0.1) is 12.6 Å². The van der Waals surface area contributed by atoms with Gasteiger partial charge < -0.3 is 5.32 Å². The molecule has 0 aliphatic heterocycles. The number of rotatable bonds is 6. The molecule has 0 bridgehead atoms. The van der Waals surface area contributed by atoms with Crippen molar-refractivity contribution in [1.29, 1.82) is 5.26 Å². The van der Waals surface area contributed by atoms with Crippen molar-refractivity contribution in [3.05, 3.63) is 35.4 Å². The Balaban J connectivity index is 1.87. The van der Waals surface area contributed by atoms with Crippen molar-refractivity contribution in [2.45, 2.75) is 70.4 Å². The predicted octanol–water partition coefficient (Wildman–Crippen LogP) is 3.97. The summed E-state index contributed by atoms with van der Waals surface area (Å²) in [6, 6.07) is 11.0. The minimum atomic E-state index is -0.659. The van der Waals surface area contributed by atoms with E-state index in [1.807, 2.05) is 11.9 Å². The second-order valence-electron chi connectivity index (χ2n) is 7.72. The van der Waals surface area contributed by atoms with E-state index >= 15 is 0 Å². The quantitative estimate of drug-likeness (QED) is 0.796. The summed E-state index contributed by atoms with van der Waals surface area (Å²) in [6.45, 7) is 5.41. The van der Waals surface area contributed by atoms with Gasteiger partial charge in [-0.1, -0.05) is 63.8 Å². The zero-order valence-corrected chi connectivity index (χ0v) is 15.8. The van der Waals surface area contributed by atoms with Crippen molar-refractivity contribution in [2.75, 3.05) is 13.6 Å². The molecule has 1 aromatic rings. The monoisotopic (exact) mass is 341 g/mol. The third-order valence-corrected chi connectivity index (χ3v) is 5.06. The largest absolute Gasteiger partial charge is 0.337 e. The maximum absolute atomic E-state index is 12.4. The van der Waals surface area contributed by atoms with Crippen LogP contribution in [0.2, 0.25) is 0 Å². The van der Waals surface area contributed by atoms with Gasteiger partial charge in [-0.2, -0.15) is 5.26 Å². The van der Waals surface area contributed by atoms with Gasteiger partial charge in [0.2, 0.25) is 5.91 Å². The van der Waals surface area contributed by atoms with Crippen LogP contribution >= 0.6 is 0 Å². The molecule has 0 unspecified atom stereocenters. The van der Waals surface area contributed by atoms with Crippen LogP contribution in [0.15, 0.2) is 24.3 Å². The van der Waals surface area contributed by atoms with Crippen LogP contribution in [0.1, 0.15) is 69.4 Å². The fourth-order valence-electron chi connectivity index (χ4n) is 3.52. The van der Waals surface area contributed by atoms with Gasteiger partial charge in [-0.05, 0) is 36.9 Å². The second kappa shape index (κ2) is 9.01. The number of carbonyl (C=O) groups is 1. The van der Waals surface area contributed by atoms with E-state index in [4.69, 9.17) is 0 Å². The number of likely N-dealkylation sites (N-methyl/N-ethyl adjacent to an activating group) is 1. The normalized spacial score (nSPS) is 17.1. The SMILES string of the molecule is CC(C)c1ccc(CN(C)CC(=O)NC2(C#N)CCCCCC2)cc1. The first-order valence-corrected chi connectivity index (χ1v) is 9.44. The predicted molar refractivity (Wildman–Crippen MR) is 101 cm³/mol. The lowest BCUT2D eigenvalue weighted by atomic mass is 9.92. The molecular weight excluding hydrogens is 310 g/mol. The number of hydrogen-bond donors (Lipinski definition) is 1. The molecule has 2 rings (SSSR count). The van der Waals surface area contributed by atoms with E-state index in [1.165, 1.54) is 11.1 Å². The van der Waals surface area contributed by atoms with Crippen LogP contribution in [0.5, 0.6) is 0 Å². The summed E-state index contributed by atoms with van der Waals surface area (Å²) in [7, 11) is 1.95. The van der Waals surface area contributed by atoms with Gasteiger partial charge in [0, 0.05) is 6.54 Å². The van der Waals surface area contributed by atoms with E-state index in [1.54, 1.807) is 0 Å². The third kappa shape index (κ3) is 5.86. The van der Waals surface area contributed by atoms with Crippen molar-refractivity contribution >= 4 is 5.91 Å². The Morgan fingerprint density at radius 2 is 1.80 bits per heavy atom. The summed E-state index contributed by atoms with van der Waals surface area (Å²) in [5, 5.41) is 12.6. The highest BCUT2D eigenvalue weighted by atomic mass is 16.2. The lowest BCUT2D eigenvalue weighted by Crippen LogP contribution is -2.49. The molecule has 0 aromatic heterocycles. The molecule has 0 spiro atoms. The van der Waals surface area contributed by atoms with Crippen LogP contribution in [0, 0.1) is 11.3 Å². The van der Waals surface area contributed by atoms with Gasteiger partial charge in [0.1, 0.15) is 5.54 Å². The zero-order chi connectivity index (χ0) is 18.3. The molecule has 4 nitrogen and oxygen atoms in total. The molecule has 0 saturated heterocycles. The van der Waals surface area contributed by atoms with Gasteiger partial charge in [-0.15, -0.1) is 0 Å². The number of carbonyl (C=O) groups excluding carboxylic acids is 1. The van der Waals surface area contributed by atoms with Gasteiger partial charge in [0.25, 0.3) is 0 Å². The Labute approximate surface area is 152 Å². The molecular formula is C21H31N3O. The third-order valence-electron chi connectivity index (χ3n) is 5.06. The lowest BCUT2D eigenvalue weighted by Gasteiger charge is -2.27. The van der Waals surface area contributed by atoms with E-state index in [-0.39, 0.29) is 5.91 Å². The molecule has 0 atom stereocenters. The van der Waals surface area contributed by atoms with Crippen LogP contribution in [-0.2, 0) is 11.3 Å². The number of nitriles is 1. The number of nitrogens with one attached hydrogen (secondary N) is 1. The highest BCUT2D eigenvalue weighted by Gasteiger charge is 2.32. The van der Waals surface area contributed by atoms with Crippen molar-refractivity contribution in [2.24, 2.45) is 0 Å². The molecule has 1 aromatic carbocycles. The highest BCUT2D eigenvalue weighted by Crippen LogP contribution is 2.26. The first-order chi connectivity index (χ1) is 11.9. The van der Waals surface area contributed by atoms with E-state index in [2.05, 4.69) is 49.5 Å². The summed E-state index contributed by atoms with van der Waals surface area (Å²) in [6.07, 6.45) is 5.90. The van der Waals surface area contributed by atoms with E-state index in [0.717, 1.165) is 45.1 Å². The van der Waals surface area contributed by atoms with Gasteiger partial charge in [-0.3, -0.25) is 9.69 Å². The van der Waals surface area contributed by atoms with Crippen LogP contribution in [-0.4, -0.2) is 29.9 Å². The lowest BCUT2D eigenvalue weighted by molar-refractivity contribution is -0.123. The van der Waals surface area contributed by atoms with E-state index in [0.29, 0.717) is 12.5 Å². The first kappa shape index (κ1) is 19.5. The van der Waals surface area contributed by atoms with E-state index in [9.17, 15) is 10.1 Å². The zero-order valence-electron chi connectivity index (χ0n) is 15.8. The topological polar surface area (TPSA) is 56.1 Å². The number of amides is 1. The first-order valence-electron chi connectivity index (χ1n) is 9.44. The standard InChI is InChI=1S/C21H31N3O/c1-17(2)19-10-8-18(9-11-19)14-24(3)15-20(25)23-21(16-22)12-6-4-5-7-13-21/h8-11,17H,4-7,12-15H2,1-3H3,(H,23,25). The molecule has 25 heavy (non-hydrogen) atoms. The summed E-state index contributed by atoms with van der Waals surface area (Å²) in [5.74, 6) is 0.476. The fraction of sp³-hybridized carbons (Fsp3) is 0.619. The molecule has 0 heterocycles. The van der Waals surface area contributed by atoms with Crippen molar-refractivity contribution in [3.63, 3.8) is 0 Å². The fourth-order valence-corrected chi connectivity index (χ4v) is 3.52. The minimum Gasteiger partial charge on any atom is -0.337 e. The molecule has 136 valence electrons. The van der Waals surface area contributed by atoms with Crippen LogP contribution in [0.25, 0.3) is 0 Å². The Bertz CT molecular complexity index is 593. The van der Waals surface area contributed by atoms with Gasteiger partial charge >= 0.3 is 0 Å². The molecule has 1 aliphatic rings. The Hall–Kier alpha value is -1.86. The molecule has 0 radical (unpaired) electrons. The summed E-state index contributed by atoms with van der Waals surface area (Å²) < 4.78 is 0. The molecule has 1 saturated carbocycles. The average molecular weight is 341 g/mol. The van der Waals surface area contributed by atoms with Crippen LogP contribution in [0.3, 0.4) is 0 Å². The van der Waals surface area contributed by atoms with Gasteiger partial charge in [-0.25, -0.2) is 0 Å². The number of benzene rings is 1. The smallest absolute Gasteiger partial charge is 0.235 e. The van der Waals surface area contributed by atoms with Crippen molar-refractivity contribution in [3.8, 4) is 6.07 Å². The summed E-state index contributed by atoms with van der Waals surface area (Å²) in [4.78, 5) is 14.4. The summed E-state index contributed by atoms with van der Waals surface area (Å²) >= 11 is 0. The molecule has 1 fully saturated rings. The minimum absolute atomic E-state index is 0.0512. The number of hydrogen-bond acceptors (Lipinski definition) is 3. The molecule has 4 heteroatoms. The molecule has 1 N–H and O–H groups in total. The number of nitrogens with zero attached hydrogens (tertiary/aromatic N) is 2. The Kier molecular flexibility index (Phi) is 7.01.